The first-order valence-corrected chi connectivity index (χ1v) is 15.4. The fourth-order valence-electron chi connectivity index (χ4n) is 5.11. The van der Waals surface area contributed by atoms with Crippen LogP contribution in [0.5, 0.6) is 28.7 Å². The van der Waals surface area contributed by atoms with E-state index in [0.717, 1.165) is 39.1 Å². The number of methoxy groups -OCH3 is 2. The molecule has 4 aromatic carbocycles. The number of pyridine rings is 1. The fraction of sp³-hybridized carbons (Fsp3) is 0.135. The fourth-order valence-corrected chi connectivity index (χ4v) is 5.11. The van der Waals surface area contributed by atoms with E-state index in [1.807, 2.05) is 30.3 Å². The van der Waals surface area contributed by atoms with Crippen molar-refractivity contribution in [2.45, 2.75) is 13.2 Å². The lowest BCUT2D eigenvalue weighted by Crippen LogP contribution is -2.40. The molecule has 2 heterocycles. The summed E-state index contributed by atoms with van der Waals surface area (Å²) in [5.74, 6) is -0.885. The van der Waals surface area contributed by atoms with Gasteiger partial charge in [-0.15, -0.1) is 0 Å². The van der Waals surface area contributed by atoms with Crippen molar-refractivity contribution in [2.24, 2.45) is 0 Å². The molecule has 0 bridgehead atoms. The first-order valence-electron chi connectivity index (χ1n) is 15.4. The second-order valence-corrected chi connectivity index (χ2v) is 10.9. The molecule has 0 saturated carbocycles. The van der Waals surface area contributed by atoms with Crippen LogP contribution < -0.4 is 35.5 Å². The number of ether oxygens (including phenoxy) is 5. The van der Waals surface area contributed by atoms with Gasteiger partial charge in [-0.3, -0.25) is 19.7 Å². The van der Waals surface area contributed by atoms with E-state index in [1.165, 1.54) is 44.7 Å². The Morgan fingerprint density at radius 1 is 0.824 bits per heavy atom. The second-order valence-electron chi connectivity index (χ2n) is 10.9. The monoisotopic (exact) mass is 696 g/mol. The highest BCUT2D eigenvalue weighted by Gasteiger charge is 2.19. The number of nitrogens with zero attached hydrogens (tertiary/aromatic N) is 3. The van der Waals surface area contributed by atoms with Gasteiger partial charge >= 0.3 is 17.3 Å². The molecule has 51 heavy (non-hydrogen) atoms. The number of benzene rings is 4. The zero-order valence-electron chi connectivity index (χ0n) is 27.3. The van der Waals surface area contributed by atoms with Crippen molar-refractivity contribution in [3.8, 4) is 34.4 Å². The third-order valence-corrected chi connectivity index (χ3v) is 7.60. The van der Waals surface area contributed by atoms with Gasteiger partial charge in [0.1, 0.15) is 11.6 Å². The van der Waals surface area contributed by atoms with Gasteiger partial charge in [0.15, 0.2) is 23.1 Å². The van der Waals surface area contributed by atoms with Crippen LogP contribution in [-0.2, 0) is 17.9 Å². The molecule has 0 unspecified atom stereocenters. The van der Waals surface area contributed by atoms with Crippen LogP contribution in [0.3, 0.4) is 0 Å². The molecule has 0 aliphatic rings. The average molecular weight is 697 g/mol. The van der Waals surface area contributed by atoms with E-state index in [-0.39, 0.29) is 42.6 Å². The molecule has 0 aliphatic heterocycles. The number of nitrogens with one attached hydrogen (secondary N) is 1. The summed E-state index contributed by atoms with van der Waals surface area (Å²) in [6.07, 6.45) is 1.44. The van der Waals surface area contributed by atoms with Crippen molar-refractivity contribution in [3.63, 3.8) is 0 Å². The highest BCUT2D eigenvalue weighted by atomic mass is 19.1. The van der Waals surface area contributed by atoms with Crippen LogP contribution in [0.1, 0.15) is 5.56 Å². The molecule has 260 valence electrons. The summed E-state index contributed by atoms with van der Waals surface area (Å²) in [5, 5.41) is 2.91. The summed E-state index contributed by atoms with van der Waals surface area (Å²) in [4.78, 5) is 44.0. The van der Waals surface area contributed by atoms with E-state index in [2.05, 4.69) is 10.3 Å². The highest BCUT2D eigenvalue weighted by molar-refractivity contribution is 5.88. The largest absolute Gasteiger partial charge is 0.493 e. The van der Waals surface area contributed by atoms with Crippen molar-refractivity contribution in [3.05, 3.63) is 141 Å². The Labute approximate surface area is 289 Å². The average Bonchev–Trinajstić information content (AvgIpc) is 3.13. The van der Waals surface area contributed by atoms with Gasteiger partial charge in [0.2, 0.25) is 5.75 Å². The van der Waals surface area contributed by atoms with E-state index >= 15 is 4.39 Å². The molecule has 0 spiro atoms. The predicted molar refractivity (Wildman–Crippen MR) is 183 cm³/mol. The van der Waals surface area contributed by atoms with Gasteiger partial charge in [-0.2, -0.15) is 0 Å². The summed E-state index contributed by atoms with van der Waals surface area (Å²) in [6.45, 7) is 0.347. The lowest BCUT2D eigenvalue weighted by atomic mass is 10.2. The molecule has 6 aromatic rings. The minimum Gasteiger partial charge on any atom is -0.493 e. The van der Waals surface area contributed by atoms with Gasteiger partial charge < -0.3 is 23.7 Å². The Balaban J connectivity index is 1.20. The Hall–Kier alpha value is -6.54. The number of amides is 1. The molecular formula is C37H30F2N4O8. The van der Waals surface area contributed by atoms with Crippen molar-refractivity contribution < 1.29 is 37.3 Å². The summed E-state index contributed by atoms with van der Waals surface area (Å²) in [6, 6.07) is 22.6. The second kappa shape index (κ2) is 15.3. The van der Waals surface area contributed by atoms with Crippen molar-refractivity contribution in [2.75, 3.05) is 26.1 Å². The number of rotatable bonds is 12. The minimum absolute atomic E-state index is 0.00905. The van der Waals surface area contributed by atoms with Crippen LogP contribution in [-0.4, -0.2) is 41.0 Å². The zero-order chi connectivity index (χ0) is 35.9. The quantitative estimate of drug-likeness (QED) is 0.143. The minimum atomic E-state index is -1.14. The van der Waals surface area contributed by atoms with Crippen LogP contribution in [0.2, 0.25) is 0 Å². The van der Waals surface area contributed by atoms with E-state index < -0.39 is 34.7 Å². The first kappa shape index (κ1) is 34.3. The third kappa shape index (κ3) is 7.86. The Morgan fingerprint density at radius 3 is 2.29 bits per heavy atom. The lowest BCUT2D eigenvalue weighted by Gasteiger charge is -2.14. The predicted octanol–water partition coefficient (Wildman–Crippen LogP) is 6.46. The van der Waals surface area contributed by atoms with Crippen LogP contribution in [0.15, 0.2) is 113 Å². The van der Waals surface area contributed by atoms with E-state index in [4.69, 9.17) is 23.7 Å². The molecule has 0 saturated heterocycles. The molecule has 0 radical (unpaired) electrons. The smallest absolute Gasteiger partial charge is 0.417 e. The van der Waals surface area contributed by atoms with Gasteiger partial charge in [-0.05, 0) is 54.1 Å². The van der Waals surface area contributed by atoms with Crippen molar-refractivity contribution in [1.29, 1.82) is 0 Å². The summed E-state index contributed by atoms with van der Waals surface area (Å²) >= 11 is 0. The molecule has 1 amide bonds. The SMILES string of the molecule is COc1cc2nccc(Oc3ccc(NC(=O)Oc4cn(CCOCc5ccccc5)c(=O)n(-c5ccc(F)cc5)c4=O)cc3F)c2cc1OC. The maximum atomic E-state index is 15.3. The van der Waals surface area contributed by atoms with E-state index in [1.54, 1.807) is 18.2 Å². The lowest BCUT2D eigenvalue weighted by molar-refractivity contribution is 0.112. The number of halogens is 2. The molecule has 2 aromatic heterocycles. The summed E-state index contributed by atoms with van der Waals surface area (Å²) in [5.41, 5.74) is -0.260. The van der Waals surface area contributed by atoms with Crippen molar-refractivity contribution >= 4 is 22.7 Å². The molecule has 0 atom stereocenters. The molecular weight excluding hydrogens is 666 g/mol. The molecule has 1 N–H and O–H groups in total. The number of anilines is 1. The zero-order valence-corrected chi connectivity index (χ0v) is 27.3. The normalized spacial score (nSPS) is 10.9. The number of hydrogen-bond donors (Lipinski definition) is 1. The Kier molecular flexibility index (Phi) is 10.3. The summed E-state index contributed by atoms with van der Waals surface area (Å²) in [7, 11) is 2.98. The van der Waals surface area contributed by atoms with Crippen LogP contribution >= 0.6 is 0 Å². The Morgan fingerprint density at radius 2 is 1.57 bits per heavy atom. The standard InChI is InChI=1S/C37H30F2N4O8/c1-47-32-19-27-29(20-33(32)48-2)40-15-14-30(27)50-31-13-10-25(18-28(31)39)41-36(45)51-34-21-42(16-17-49-22-23-6-4-3-5-7-23)37(46)43(35(34)44)26-11-8-24(38)9-12-26/h3-15,18-21H,16-17,22H2,1-2H3,(H,41,45). The summed E-state index contributed by atoms with van der Waals surface area (Å²) < 4.78 is 58.4. The molecule has 6 rings (SSSR count). The number of carbonyl (C=O) groups is 1. The number of carbonyl (C=O) groups excluding carboxylic acids is 1. The number of fused-ring (bicyclic) bond motifs is 1. The number of aromatic nitrogens is 3. The molecule has 14 heteroatoms. The van der Waals surface area contributed by atoms with Gasteiger partial charge in [0.25, 0.3) is 0 Å². The van der Waals surface area contributed by atoms with Crippen LogP contribution in [0, 0.1) is 11.6 Å². The maximum Gasteiger partial charge on any atom is 0.417 e. The van der Waals surface area contributed by atoms with Crippen molar-refractivity contribution in [1.82, 2.24) is 14.1 Å². The number of hydrogen-bond acceptors (Lipinski definition) is 9. The maximum absolute atomic E-state index is 15.3. The molecule has 0 aliphatic carbocycles. The van der Waals surface area contributed by atoms with Gasteiger partial charge in [-0.1, -0.05) is 30.3 Å². The van der Waals surface area contributed by atoms with E-state index in [0.29, 0.717) is 22.4 Å². The van der Waals surface area contributed by atoms with Gasteiger partial charge in [-0.25, -0.2) is 22.9 Å². The van der Waals surface area contributed by atoms with Gasteiger partial charge in [0, 0.05) is 29.4 Å². The third-order valence-electron chi connectivity index (χ3n) is 7.60. The van der Waals surface area contributed by atoms with Gasteiger partial charge in [0.05, 0.1) is 51.4 Å². The molecule has 0 fully saturated rings. The topological polar surface area (TPSA) is 132 Å². The first-order chi connectivity index (χ1) is 24.7. The van der Waals surface area contributed by atoms with E-state index in [9.17, 15) is 18.8 Å². The van der Waals surface area contributed by atoms with Crippen LogP contribution in [0.25, 0.3) is 16.6 Å². The van der Waals surface area contributed by atoms with Crippen LogP contribution in [0.4, 0.5) is 19.3 Å². The molecule has 12 nitrogen and oxygen atoms in total. The highest BCUT2D eigenvalue weighted by Crippen LogP contribution is 2.37. The Bertz CT molecular complexity index is 2310.